The van der Waals surface area contributed by atoms with Crippen LogP contribution in [0.5, 0.6) is 0 Å². The van der Waals surface area contributed by atoms with Crippen LogP contribution in [-0.4, -0.2) is 31.8 Å². The van der Waals surface area contributed by atoms with Gasteiger partial charge in [0, 0.05) is 18.0 Å². The molecule has 0 aromatic heterocycles. The Morgan fingerprint density at radius 2 is 2.33 bits per heavy atom. The summed E-state index contributed by atoms with van der Waals surface area (Å²) in [6.45, 7) is 1.83. The Bertz CT molecular complexity index is 495. The van der Waals surface area contributed by atoms with Crippen LogP contribution in [0.1, 0.15) is 12.0 Å². The highest BCUT2D eigenvalue weighted by Gasteiger charge is 2.18. The molecule has 18 heavy (non-hydrogen) atoms. The molecule has 1 heterocycles. The highest BCUT2D eigenvalue weighted by atomic mass is 32.2. The molecule has 1 amide bonds. The summed E-state index contributed by atoms with van der Waals surface area (Å²) in [5, 5.41) is 12.1. The summed E-state index contributed by atoms with van der Waals surface area (Å²) in [7, 11) is 0. The third-order valence-electron chi connectivity index (χ3n) is 2.94. The molecule has 0 aliphatic carbocycles. The molecule has 5 heteroatoms. The molecule has 0 saturated carbocycles. The number of nitrogens with one attached hydrogen (secondary N) is 1. The summed E-state index contributed by atoms with van der Waals surface area (Å²) in [6.07, 6.45) is 2.86. The van der Waals surface area contributed by atoms with Crippen LogP contribution in [0.2, 0.25) is 0 Å². The minimum Gasteiger partial charge on any atom is -0.361 e. The molecular formula is C13H15N3OS. The molecular weight excluding hydrogens is 246 g/mol. The Morgan fingerprint density at radius 3 is 3.06 bits per heavy atom. The fraction of sp³-hybridized carbons (Fsp3) is 0.385. The number of carbonyl (C=O) groups is 1. The third kappa shape index (κ3) is 2.59. The molecule has 0 spiro atoms. The second-order valence-electron chi connectivity index (χ2n) is 4.09. The number of nitriles is 1. The molecule has 94 valence electrons. The number of rotatable bonds is 2. The number of hydrogen-bond acceptors (Lipinski definition) is 4. The number of hydrogen-bond donors (Lipinski definition) is 1. The average molecular weight is 261 g/mol. The smallest absolute Gasteiger partial charge is 0.239 e. The van der Waals surface area contributed by atoms with Crippen molar-refractivity contribution in [3.05, 3.63) is 23.8 Å². The number of amides is 1. The van der Waals surface area contributed by atoms with Crippen molar-refractivity contribution in [1.29, 1.82) is 5.26 Å². The zero-order valence-electron chi connectivity index (χ0n) is 10.3. The Kier molecular flexibility index (Phi) is 4.11. The first kappa shape index (κ1) is 12.8. The molecule has 1 aromatic rings. The van der Waals surface area contributed by atoms with E-state index in [-0.39, 0.29) is 5.91 Å². The fourth-order valence-electron chi connectivity index (χ4n) is 2.08. The van der Waals surface area contributed by atoms with Gasteiger partial charge in [0.05, 0.1) is 17.8 Å². The van der Waals surface area contributed by atoms with Crippen molar-refractivity contribution in [3.8, 4) is 6.07 Å². The Labute approximate surface area is 111 Å². The first-order valence-electron chi connectivity index (χ1n) is 5.85. The van der Waals surface area contributed by atoms with Crippen LogP contribution in [0.25, 0.3) is 0 Å². The Hall–Kier alpha value is -1.67. The molecule has 0 unspecified atom stereocenters. The summed E-state index contributed by atoms with van der Waals surface area (Å²) in [5.74, 6) is 0.0194. The number of carbonyl (C=O) groups excluding carboxylic acids is 1. The van der Waals surface area contributed by atoms with Crippen LogP contribution in [0, 0.1) is 11.3 Å². The van der Waals surface area contributed by atoms with Crippen molar-refractivity contribution in [1.82, 2.24) is 5.32 Å². The number of benzene rings is 1. The van der Waals surface area contributed by atoms with Gasteiger partial charge in [-0.3, -0.25) is 4.79 Å². The summed E-state index contributed by atoms with van der Waals surface area (Å²) in [5.41, 5.74) is 1.53. The van der Waals surface area contributed by atoms with Gasteiger partial charge in [-0.2, -0.15) is 5.26 Å². The van der Waals surface area contributed by atoms with Gasteiger partial charge in [-0.1, -0.05) is 6.07 Å². The van der Waals surface area contributed by atoms with Crippen LogP contribution < -0.4 is 10.2 Å². The minimum atomic E-state index is 0.0194. The van der Waals surface area contributed by atoms with E-state index in [1.54, 1.807) is 11.8 Å². The molecule has 1 aliphatic heterocycles. The lowest BCUT2D eigenvalue weighted by atomic mass is 10.1. The number of nitrogens with zero attached hydrogens (tertiary/aromatic N) is 2. The Morgan fingerprint density at radius 1 is 1.50 bits per heavy atom. The second-order valence-corrected chi connectivity index (χ2v) is 4.94. The van der Waals surface area contributed by atoms with E-state index in [4.69, 9.17) is 0 Å². The lowest BCUT2D eigenvalue weighted by molar-refractivity contribution is -0.119. The van der Waals surface area contributed by atoms with E-state index >= 15 is 0 Å². The molecule has 2 rings (SSSR count). The summed E-state index contributed by atoms with van der Waals surface area (Å²) in [4.78, 5) is 14.5. The van der Waals surface area contributed by atoms with E-state index in [9.17, 15) is 10.1 Å². The van der Waals surface area contributed by atoms with Crippen LogP contribution in [-0.2, 0) is 4.79 Å². The SMILES string of the molecule is CSc1cccc(N2CCCNC(=O)C2)c1C#N. The maximum absolute atomic E-state index is 11.6. The molecule has 4 nitrogen and oxygen atoms in total. The third-order valence-corrected chi connectivity index (χ3v) is 3.72. The van der Waals surface area contributed by atoms with Crippen LogP contribution in [0.15, 0.2) is 23.1 Å². The van der Waals surface area contributed by atoms with Crippen molar-refractivity contribution in [2.45, 2.75) is 11.3 Å². The first-order chi connectivity index (χ1) is 8.76. The normalized spacial score (nSPS) is 15.8. The van der Waals surface area contributed by atoms with Gasteiger partial charge in [-0.25, -0.2) is 0 Å². The lowest BCUT2D eigenvalue weighted by Gasteiger charge is -2.23. The fourth-order valence-corrected chi connectivity index (χ4v) is 2.65. The minimum absolute atomic E-state index is 0.0194. The zero-order valence-corrected chi connectivity index (χ0v) is 11.1. The second kappa shape index (κ2) is 5.78. The summed E-state index contributed by atoms with van der Waals surface area (Å²) < 4.78 is 0. The van der Waals surface area contributed by atoms with Crippen LogP contribution in [0.3, 0.4) is 0 Å². The predicted octanol–water partition coefficient (Wildman–Crippen LogP) is 1.61. The van der Waals surface area contributed by atoms with E-state index in [0.29, 0.717) is 18.7 Å². The topological polar surface area (TPSA) is 56.1 Å². The number of anilines is 1. The molecule has 1 fully saturated rings. The van der Waals surface area contributed by atoms with Crippen molar-refractivity contribution in [2.75, 3.05) is 30.8 Å². The zero-order chi connectivity index (χ0) is 13.0. The molecule has 0 bridgehead atoms. The largest absolute Gasteiger partial charge is 0.361 e. The van der Waals surface area contributed by atoms with Gasteiger partial charge in [0.25, 0.3) is 0 Å². The van der Waals surface area contributed by atoms with Crippen molar-refractivity contribution in [3.63, 3.8) is 0 Å². The predicted molar refractivity (Wildman–Crippen MR) is 72.8 cm³/mol. The van der Waals surface area contributed by atoms with Crippen molar-refractivity contribution >= 4 is 23.4 Å². The quantitative estimate of drug-likeness (QED) is 0.822. The monoisotopic (exact) mass is 261 g/mol. The van der Waals surface area contributed by atoms with E-state index in [2.05, 4.69) is 11.4 Å². The Balaban J connectivity index is 2.37. The highest BCUT2D eigenvalue weighted by Crippen LogP contribution is 2.29. The molecule has 1 saturated heterocycles. The molecule has 0 atom stereocenters. The van der Waals surface area contributed by atoms with E-state index < -0.39 is 0 Å². The summed E-state index contributed by atoms with van der Waals surface area (Å²) in [6, 6.07) is 8.04. The molecule has 1 aliphatic rings. The standard InChI is InChI=1S/C13H15N3OS/c1-18-12-5-2-4-11(10(12)8-14)16-7-3-6-15-13(17)9-16/h2,4-5H,3,6-7,9H2,1H3,(H,15,17). The van der Waals surface area contributed by atoms with Gasteiger partial charge in [0.2, 0.25) is 5.91 Å². The van der Waals surface area contributed by atoms with Gasteiger partial charge in [-0.05, 0) is 24.8 Å². The van der Waals surface area contributed by atoms with Gasteiger partial charge in [0.15, 0.2) is 0 Å². The number of thioether (sulfide) groups is 1. The van der Waals surface area contributed by atoms with E-state index in [1.165, 1.54) is 0 Å². The van der Waals surface area contributed by atoms with Crippen molar-refractivity contribution < 1.29 is 4.79 Å². The van der Waals surface area contributed by atoms with E-state index in [0.717, 1.165) is 23.5 Å². The molecule has 0 radical (unpaired) electrons. The molecule has 1 N–H and O–H groups in total. The van der Waals surface area contributed by atoms with Gasteiger partial charge >= 0.3 is 0 Å². The highest BCUT2D eigenvalue weighted by molar-refractivity contribution is 7.98. The lowest BCUT2D eigenvalue weighted by Crippen LogP contribution is -2.33. The van der Waals surface area contributed by atoms with Gasteiger partial charge in [-0.15, -0.1) is 11.8 Å². The first-order valence-corrected chi connectivity index (χ1v) is 7.07. The molecule has 1 aromatic carbocycles. The van der Waals surface area contributed by atoms with E-state index in [1.807, 2.05) is 29.4 Å². The van der Waals surface area contributed by atoms with Gasteiger partial charge < -0.3 is 10.2 Å². The van der Waals surface area contributed by atoms with Gasteiger partial charge in [0.1, 0.15) is 6.07 Å². The van der Waals surface area contributed by atoms with Crippen LogP contribution >= 0.6 is 11.8 Å². The summed E-state index contributed by atoms with van der Waals surface area (Å²) >= 11 is 1.55. The van der Waals surface area contributed by atoms with Crippen molar-refractivity contribution in [2.24, 2.45) is 0 Å². The average Bonchev–Trinajstić information content (AvgIpc) is 2.62. The van der Waals surface area contributed by atoms with Crippen LogP contribution in [0.4, 0.5) is 5.69 Å². The maximum atomic E-state index is 11.6. The maximum Gasteiger partial charge on any atom is 0.239 e.